The monoisotopic (exact) mass is 538 g/mol. The van der Waals surface area contributed by atoms with Crippen molar-refractivity contribution in [2.75, 3.05) is 11.5 Å². The molecule has 0 N–H and O–H groups in total. The highest BCUT2D eigenvalue weighted by Crippen LogP contribution is 2.71. The first kappa shape index (κ1) is 24.9. The number of carbonyl (C=O) groups is 2. The summed E-state index contributed by atoms with van der Waals surface area (Å²) in [6.07, 6.45) is 8.01. The molecule has 2 heterocycles. The van der Waals surface area contributed by atoms with Crippen LogP contribution in [0.4, 0.5) is 0 Å². The molecule has 6 aliphatic rings. The third kappa shape index (κ3) is 2.81. The number of hydrogen-bond acceptors (Lipinski definition) is 6. The molecule has 4 unspecified atom stereocenters. The Labute approximate surface area is 215 Å². The molecule has 4 aliphatic carbocycles. The van der Waals surface area contributed by atoms with Crippen LogP contribution in [0.5, 0.6) is 0 Å². The van der Waals surface area contributed by atoms with Crippen LogP contribution in [0, 0.1) is 33.5 Å². The molecule has 0 aromatic heterocycles. The van der Waals surface area contributed by atoms with Gasteiger partial charge in [-0.3, -0.25) is 9.59 Å². The van der Waals surface area contributed by atoms with Crippen LogP contribution in [-0.4, -0.2) is 60.8 Å². The summed E-state index contributed by atoms with van der Waals surface area (Å²) < 4.78 is 54.5. The third-order valence-corrected chi connectivity index (χ3v) is 15.9. The molecule has 2 amide bonds. The molecule has 2 aliphatic heterocycles. The molecule has 6 atom stereocenters. The van der Waals surface area contributed by atoms with E-state index in [2.05, 4.69) is 27.7 Å². The third-order valence-electron chi connectivity index (χ3n) is 12.1. The van der Waals surface area contributed by atoms with Gasteiger partial charge in [0.1, 0.15) is 0 Å². The Morgan fingerprint density at radius 1 is 0.722 bits per heavy atom. The first-order valence-corrected chi connectivity index (χ1v) is 16.6. The SMILES string of the molecule is CC1(C)C2CCC13CS(=O)(=O)N(C(=O)CC=CCC(=O)N1[C@H]4CC5CCC4(CS1(=O)=O)C5(C)C)[C@H]3C2. The molecule has 200 valence electrons. The van der Waals surface area contributed by atoms with Gasteiger partial charge in [-0.1, -0.05) is 39.8 Å². The van der Waals surface area contributed by atoms with Gasteiger partial charge in [0.25, 0.3) is 0 Å². The Bertz CT molecular complexity index is 1190. The zero-order chi connectivity index (χ0) is 26.1. The molecular formula is C26H38N2O6S2. The minimum absolute atomic E-state index is 0.0371. The van der Waals surface area contributed by atoms with E-state index in [-0.39, 0.29) is 58.1 Å². The van der Waals surface area contributed by atoms with Crippen molar-refractivity contribution in [1.29, 1.82) is 0 Å². The van der Waals surface area contributed by atoms with E-state index in [4.69, 9.17) is 0 Å². The molecule has 4 bridgehead atoms. The molecule has 4 saturated carbocycles. The van der Waals surface area contributed by atoms with E-state index in [1.54, 1.807) is 0 Å². The summed E-state index contributed by atoms with van der Waals surface area (Å²) in [6, 6.07) is -0.545. The predicted octanol–water partition coefficient (Wildman–Crippen LogP) is 3.06. The molecule has 36 heavy (non-hydrogen) atoms. The lowest BCUT2D eigenvalue weighted by Crippen LogP contribution is -2.44. The van der Waals surface area contributed by atoms with E-state index in [0.29, 0.717) is 11.8 Å². The Balaban J connectivity index is 1.13. The van der Waals surface area contributed by atoms with Gasteiger partial charge in [0.15, 0.2) is 0 Å². The van der Waals surface area contributed by atoms with Gasteiger partial charge in [0, 0.05) is 23.7 Å². The van der Waals surface area contributed by atoms with Crippen molar-refractivity contribution < 1.29 is 26.4 Å². The summed E-state index contributed by atoms with van der Waals surface area (Å²) >= 11 is 0. The maximum Gasteiger partial charge on any atom is 0.240 e. The van der Waals surface area contributed by atoms with E-state index in [0.717, 1.165) is 47.1 Å². The fraction of sp³-hybridized carbons (Fsp3) is 0.846. The average Bonchev–Trinajstić information content (AvgIpc) is 3.45. The first-order valence-electron chi connectivity index (χ1n) is 13.4. The summed E-state index contributed by atoms with van der Waals surface area (Å²) in [5.41, 5.74) is -0.926. The predicted molar refractivity (Wildman–Crippen MR) is 134 cm³/mol. The maximum atomic E-state index is 13.1. The lowest BCUT2D eigenvalue weighted by atomic mass is 9.69. The molecule has 10 heteroatoms. The highest BCUT2D eigenvalue weighted by atomic mass is 32.2. The summed E-state index contributed by atoms with van der Waals surface area (Å²) in [5, 5.41) is 0. The van der Waals surface area contributed by atoms with Crippen molar-refractivity contribution in [3.63, 3.8) is 0 Å². The lowest BCUT2D eigenvalue weighted by molar-refractivity contribution is -0.129. The van der Waals surface area contributed by atoms with Gasteiger partial charge >= 0.3 is 0 Å². The van der Waals surface area contributed by atoms with Crippen LogP contribution in [0.3, 0.4) is 0 Å². The van der Waals surface area contributed by atoms with E-state index >= 15 is 0 Å². The highest BCUT2D eigenvalue weighted by molar-refractivity contribution is 7.90. The Morgan fingerprint density at radius 2 is 1.08 bits per heavy atom. The van der Waals surface area contributed by atoms with Crippen LogP contribution < -0.4 is 0 Å². The first-order chi connectivity index (χ1) is 16.6. The largest absolute Gasteiger partial charge is 0.273 e. The number of amides is 2. The van der Waals surface area contributed by atoms with E-state index in [1.807, 2.05) is 0 Å². The lowest BCUT2D eigenvalue weighted by Gasteiger charge is -2.37. The molecule has 2 saturated heterocycles. The van der Waals surface area contributed by atoms with Crippen molar-refractivity contribution in [3.05, 3.63) is 12.2 Å². The fourth-order valence-electron chi connectivity index (χ4n) is 9.78. The van der Waals surface area contributed by atoms with Crippen LogP contribution in [0.15, 0.2) is 12.2 Å². The normalized spacial score (nSPS) is 43.9. The number of rotatable bonds is 4. The minimum Gasteiger partial charge on any atom is -0.273 e. The quantitative estimate of drug-likeness (QED) is 0.509. The van der Waals surface area contributed by atoms with Crippen LogP contribution in [0.1, 0.15) is 79.1 Å². The van der Waals surface area contributed by atoms with Gasteiger partial charge in [-0.2, -0.15) is 0 Å². The molecule has 6 rings (SSSR count). The van der Waals surface area contributed by atoms with Crippen LogP contribution in [-0.2, 0) is 29.6 Å². The minimum atomic E-state index is -3.67. The Morgan fingerprint density at radius 3 is 1.42 bits per heavy atom. The Kier molecular flexibility index (Phi) is 4.95. The van der Waals surface area contributed by atoms with Gasteiger partial charge in [0.05, 0.1) is 23.6 Å². The summed E-state index contributed by atoms with van der Waals surface area (Å²) in [7, 11) is -7.35. The number of fused-ring (bicyclic) bond motifs is 2. The number of carbonyl (C=O) groups excluding carboxylic acids is 2. The second kappa shape index (κ2) is 7.16. The van der Waals surface area contributed by atoms with Crippen molar-refractivity contribution in [3.8, 4) is 0 Å². The number of sulfonamides is 2. The molecule has 0 aromatic carbocycles. The van der Waals surface area contributed by atoms with E-state index in [1.165, 1.54) is 12.2 Å². The van der Waals surface area contributed by atoms with Crippen LogP contribution in [0.25, 0.3) is 0 Å². The second-order valence-electron chi connectivity index (χ2n) is 13.5. The van der Waals surface area contributed by atoms with Gasteiger partial charge in [-0.25, -0.2) is 25.4 Å². The molecule has 0 aromatic rings. The smallest absolute Gasteiger partial charge is 0.240 e. The van der Waals surface area contributed by atoms with Gasteiger partial charge in [0.2, 0.25) is 31.9 Å². The molecular weight excluding hydrogens is 500 g/mol. The van der Waals surface area contributed by atoms with Crippen molar-refractivity contribution >= 4 is 31.9 Å². The maximum absolute atomic E-state index is 13.1. The second-order valence-corrected chi connectivity index (χ2v) is 17.2. The number of nitrogens with zero attached hydrogens (tertiary/aromatic N) is 2. The van der Waals surface area contributed by atoms with Gasteiger partial charge in [-0.15, -0.1) is 0 Å². The van der Waals surface area contributed by atoms with E-state index < -0.39 is 31.9 Å². The molecule has 6 fully saturated rings. The summed E-state index contributed by atoms with van der Waals surface area (Å²) in [6.45, 7) is 8.59. The summed E-state index contributed by atoms with van der Waals surface area (Å²) in [5.74, 6) is 0.0363. The van der Waals surface area contributed by atoms with Gasteiger partial charge in [-0.05, 0) is 61.2 Å². The molecule has 2 spiro atoms. The molecule has 0 radical (unpaired) electrons. The summed E-state index contributed by atoms with van der Waals surface area (Å²) in [4.78, 5) is 26.2. The van der Waals surface area contributed by atoms with Crippen LogP contribution in [0.2, 0.25) is 0 Å². The highest BCUT2D eigenvalue weighted by Gasteiger charge is 2.73. The topological polar surface area (TPSA) is 109 Å². The van der Waals surface area contributed by atoms with E-state index in [9.17, 15) is 26.4 Å². The number of hydrogen-bond donors (Lipinski definition) is 0. The average molecular weight is 539 g/mol. The van der Waals surface area contributed by atoms with Crippen molar-refractivity contribution in [2.24, 2.45) is 33.5 Å². The van der Waals surface area contributed by atoms with Crippen molar-refractivity contribution in [1.82, 2.24) is 8.61 Å². The molecule has 8 nitrogen and oxygen atoms in total. The zero-order valence-electron chi connectivity index (χ0n) is 21.7. The van der Waals surface area contributed by atoms with Crippen LogP contribution >= 0.6 is 0 Å². The fourth-order valence-corrected chi connectivity index (χ4v) is 14.9. The van der Waals surface area contributed by atoms with Gasteiger partial charge < -0.3 is 0 Å². The standard InChI is InChI=1S/C26H38N2O6S2/c1-23(2)17-9-11-25(23)15-35(31,32)27(19(25)13-17)21(29)7-5-6-8-22(30)28-20-14-18-10-12-26(20,24(18,3)4)16-36(28,33)34/h5-6,17-20H,7-16H2,1-4H3/t17?,18?,19-,20-,25?,26?/m0/s1. The Hall–Kier alpha value is -1.42. The van der Waals surface area contributed by atoms with Crippen molar-refractivity contribution in [2.45, 2.75) is 91.1 Å². The zero-order valence-corrected chi connectivity index (χ0v) is 23.3.